The van der Waals surface area contributed by atoms with Gasteiger partial charge in [-0.3, -0.25) is 14.5 Å². The summed E-state index contributed by atoms with van der Waals surface area (Å²) in [6, 6.07) is 17.0. The Labute approximate surface area is 216 Å². The van der Waals surface area contributed by atoms with E-state index in [2.05, 4.69) is 20.7 Å². The van der Waals surface area contributed by atoms with Crippen molar-refractivity contribution < 1.29 is 18.4 Å². The van der Waals surface area contributed by atoms with E-state index in [-0.39, 0.29) is 31.0 Å². The molecule has 8 nitrogen and oxygen atoms in total. The van der Waals surface area contributed by atoms with Gasteiger partial charge in [-0.15, -0.1) is 10.2 Å². The minimum Gasteiger partial charge on any atom is -0.350 e. The summed E-state index contributed by atoms with van der Waals surface area (Å²) in [5.74, 6) is -1.62. The number of carbonyl (C=O) groups is 2. The van der Waals surface area contributed by atoms with Crippen LogP contribution in [0.15, 0.2) is 72.8 Å². The van der Waals surface area contributed by atoms with E-state index in [0.717, 1.165) is 4.80 Å². The molecule has 2 amide bonds. The van der Waals surface area contributed by atoms with Crippen molar-refractivity contribution in [2.24, 2.45) is 0 Å². The lowest BCUT2D eigenvalue weighted by Crippen LogP contribution is -2.50. The van der Waals surface area contributed by atoms with Gasteiger partial charge in [-0.25, -0.2) is 8.78 Å². The molecule has 1 N–H and O–H groups in total. The number of halogens is 3. The largest absolute Gasteiger partial charge is 0.350 e. The summed E-state index contributed by atoms with van der Waals surface area (Å²) >= 11 is 5.92. The Morgan fingerprint density at radius 1 is 1.03 bits per heavy atom. The van der Waals surface area contributed by atoms with Crippen molar-refractivity contribution in [3.05, 3.63) is 95.0 Å². The molecular weight excluding hydrogens is 502 g/mol. The molecule has 0 saturated heterocycles. The van der Waals surface area contributed by atoms with E-state index in [1.807, 2.05) is 0 Å². The molecule has 4 rings (SSSR count). The first-order valence-corrected chi connectivity index (χ1v) is 11.9. The number of benzene rings is 3. The molecule has 37 heavy (non-hydrogen) atoms. The van der Waals surface area contributed by atoms with E-state index < -0.39 is 23.7 Å². The summed E-state index contributed by atoms with van der Waals surface area (Å²) in [6.07, 6.45) is 0.248. The maximum atomic E-state index is 14.1. The molecule has 1 atom stereocenters. The Bertz CT molecular complexity index is 1380. The first-order valence-electron chi connectivity index (χ1n) is 11.5. The molecule has 1 aromatic heterocycles. The van der Waals surface area contributed by atoms with E-state index in [9.17, 15) is 18.4 Å². The van der Waals surface area contributed by atoms with Crippen LogP contribution in [0, 0.1) is 11.6 Å². The maximum absolute atomic E-state index is 14.1. The van der Waals surface area contributed by atoms with Crippen molar-refractivity contribution >= 4 is 29.1 Å². The van der Waals surface area contributed by atoms with Crippen molar-refractivity contribution in [1.29, 1.82) is 0 Å². The van der Waals surface area contributed by atoms with Crippen LogP contribution >= 0.6 is 11.6 Å². The van der Waals surface area contributed by atoms with Gasteiger partial charge in [0.05, 0.1) is 0 Å². The van der Waals surface area contributed by atoms with E-state index in [1.54, 1.807) is 49.4 Å². The second kappa shape index (κ2) is 11.7. The second-order valence-electron chi connectivity index (χ2n) is 8.16. The van der Waals surface area contributed by atoms with E-state index >= 15 is 0 Å². The smallest absolute Gasteiger partial charge is 0.251 e. The highest BCUT2D eigenvalue weighted by Crippen LogP contribution is 2.22. The van der Waals surface area contributed by atoms with Gasteiger partial charge in [0.2, 0.25) is 11.7 Å². The summed E-state index contributed by atoms with van der Waals surface area (Å²) in [5.41, 5.74) is 1.57. The monoisotopic (exact) mass is 524 g/mol. The van der Waals surface area contributed by atoms with E-state index in [0.29, 0.717) is 22.0 Å². The number of hydrogen-bond donors (Lipinski definition) is 1. The van der Waals surface area contributed by atoms with Gasteiger partial charge in [0.25, 0.3) is 5.91 Å². The molecule has 0 unspecified atom stereocenters. The van der Waals surface area contributed by atoms with Gasteiger partial charge in [0.15, 0.2) is 0 Å². The molecule has 0 saturated carbocycles. The van der Waals surface area contributed by atoms with Gasteiger partial charge in [-0.05, 0) is 71.8 Å². The zero-order valence-corrected chi connectivity index (χ0v) is 20.6. The van der Waals surface area contributed by atoms with E-state index in [4.69, 9.17) is 11.6 Å². The minimum absolute atomic E-state index is 0.135. The highest BCUT2D eigenvalue weighted by molar-refractivity contribution is 6.30. The number of anilines is 1. The summed E-state index contributed by atoms with van der Waals surface area (Å²) in [5, 5.41) is 15.5. The molecule has 1 heterocycles. The fourth-order valence-corrected chi connectivity index (χ4v) is 3.87. The lowest BCUT2D eigenvalue weighted by atomic mass is 10.1. The zero-order valence-electron chi connectivity index (χ0n) is 19.8. The first kappa shape index (κ1) is 25.9. The van der Waals surface area contributed by atoms with Crippen LogP contribution in [-0.2, 0) is 22.7 Å². The predicted molar refractivity (Wildman–Crippen MR) is 134 cm³/mol. The van der Waals surface area contributed by atoms with Crippen molar-refractivity contribution in [1.82, 2.24) is 25.5 Å². The lowest BCUT2D eigenvalue weighted by Gasteiger charge is -2.30. The molecule has 0 fully saturated rings. The lowest BCUT2D eigenvalue weighted by molar-refractivity contribution is -0.127. The number of amides is 2. The predicted octanol–water partition coefficient (Wildman–Crippen LogP) is 4.40. The molecular formula is C26H23ClF2N6O2. The number of carbonyl (C=O) groups excluding carboxylic acids is 2. The SMILES string of the molecule is CC[C@H](C(=O)NCc1ccc(F)cc1)N(C(=O)Cn1nnc(-c2ccc(Cl)cc2)n1)c1cccc(F)c1. The van der Waals surface area contributed by atoms with Crippen molar-refractivity contribution in [2.45, 2.75) is 32.5 Å². The topological polar surface area (TPSA) is 93.0 Å². The summed E-state index contributed by atoms with van der Waals surface area (Å²) in [7, 11) is 0. The molecule has 190 valence electrons. The first-order chi connectivity index (χ1) is 17.8. The Morgan fingerprint density at radius 2 is 1.76 bits per heavy atom. The number of rotatable bonds is 9. The van der Waals surface area contributed by atoms with Crippen LogP contribution in [0.3, 0.4) is 0 Å². The fraction of sp³-hybridized carbons (Fsp3) is 0.192. The van der Waals surface area contributed by atoms with Crippen LogP contribution in [0.1, 0.15) is 18.9 Å². The normalized spacial score (nSPS) is 11.7. The summed E-state index contributed by atoms with van der Waals surface area (Å²) in [4.78, 5) is 29.0. The minimum atomic E-state index is -0.950. The maximum Gasteiger partial charge on any atom is 0.251 e. The second-order valence-corrected chi connectivity index (χ2v) is 8.60. The average molecular weight is 525 g/mol. The van der Waals surface area contributed by atoms with Crippen LogP contribution in [0.4, 0.5) is 14.5 Å². The van der Waals surface area contributed by atoms with Gasteiger partial charge in [0, 0.05) is 22.8 Å². The van der Waals surface area contributed by atoms with Gasteiger partial charge in [0.1, 0.15) is 24.2 Å². The number of nitrogens with one attached hydrogen (secondary N) is 1. The average Bonchev–Trinajstić information content (AvgIpc) is 3.35. The number of tetrazole rings is 1. The Morgan fingerprint density at radius 3 is 2.43 bits per heavy atom. The summed E-state index contributed by atoms with van der Waals surface area (Å²) < 4.78 is 27.3. The Balaban J connectivity index is 1.55. The van der Waals surface area contributed by atoms with Crippen LogP contribution in [0.5, 0.6) is 0 Å². The molecule has 0 bridgehead atoms. The standard InChI is InChI=1S/C26H23ClF2N6O2/c1-2-23(26(37)30-15-17-6-12-20(28)13-7-17)35(22-5-3-4-21(29)14-22)24(36)16-34-32-25(31-33-34)18-8-10-19(27)11-9-18/h3-14,23H,2,15-16H2,1H3,(H,30,37)/t23-/m1/s1. The van der Waals surface area contributed by atoms with Crippen molar-refractivity contribution in [3.63, 3.8) is 0 Å². The Hall–Kier alpha value is -4.18. The molecule has 4 aromatic rings. The molecule has 0 radical (unpaired) electrons. The summed E-state index contributed by atoms with van der Waals surface area (Å²) in [6.45, 7) is 1.54. The third-order valence-electron chi connectivity index (χ3n) is 5.57. The van der Waals surface area contributed by atoms with Crippen LogP contribution in [0.25, 0.3) is 11.4 Å². The van der Waals surface area contributed by atoms with Gasteiger partial charge in [-0.2, -0.15) is 4.80 Å². The third-order valence-corrected chi connectivity index (χ3v) is 5.82. The highest BCUT2D eigenvalue weighted by Gasteiger charge is 2.30. The number of hydrogen-bond acceptors (Lipinski definition) is 5. The van der Waals surface area contributed by atoms with Gasteiger partial charge < -0.3 is 5.32 Å². The molecule has 11 heteroatoms. The zero-order chi connectivity index (χ0) is 26.4. The van der Waals surface area contributed by atoms with Gasteiger partial charge in [-0.1, -0.05) is 36.7 Å². The quantitative estimate of drug-likeness (QED) is 0.350. The number of aromatic nitrogens is 4. The van der Waals surface area contributed by atoms with E-state index in [1.165, 1.54) is 35.2 Å². The number of nitrogens with zero attached hydrogens (tertiary/aromatic N) is 5. The van der Waals surface area contributed by atoms with Crippen LogP contribution in [0.2, 0.25) is 5.02 Å². The fourth-order valence-electron chi connectivity index (χ4n) is 3.74. The van der Waals surface area contributed by atoms with Gasteiger partial charge >= 0.3 is 0 Å². The molecule has 0 spiro atoms. The van der Waals surface area contributed by atoms with Crippen LogP contribution < -0.4 is 10.2 Å². The molecule has 0 aliphatic heterocycles. The van der Waals surface area contributed by atoms with Crippen molar-refractivity contribution in [3.8, 4) is 11.4 Å². The molecule has 0 aliphatic rings. The third kappa shape index (κ3) is 6.53. The molecule has 3 aromatic carbocycles. The molecule has 0 aliphatic carbocycles. The highest BCUT2D eigenvalue weighted by atomic mass is 35.5. The van der Waals surface area contributed by atoms with Crippen LogP contribution in [-0.4, -0.2) is 38.1 Å². The van der Waals surface area contributed by atoms with Crippen molar-refractivity contribution in [2.75, 3.05) is 4.90 Å². The Kier molecular flexibility index (Phi) is 8.19.